The van der Waals surface area contributed by atoms with Gasteiger partial charge in [0.15, 0.2) is 35.0 Å². The molecule has 0 aliphatic carbocycles. The zero-order valence-corrected chi connectivity index (χ0v) is 17.3. The number of ether oxygens (including phenoxy) is 1. The molecule has 0 spiro atoms. The predicted octanol–water partition coefficient (Wildman–Crippen LogP) is 2.18. The second-order valence-corrected chi connectivity index (χ2v) is 7.90. The van der Waals surface area contributed by atoms with E-state index < -0.39 is 23.9 Å². The van der Waals surface area contributed by atoms with Crippen molar-refractivity contribution in [1.82, 2.24) is 19.5 Å². The fourth-order valence-corrected chi connectivity index (χ4v) is 3.22. The van der Waals surface area contributed by atoms with E-state index in [4.69, 9.17) is 4.74 Å². The van der Waals surface area contributed by atoms with Gasteiger partial charge in [-0.3, -0.25) is 14.7 Å². The molecule has 0 bridgehead atoms. The summed E-state index contributed by atoms with van der Waals surface area (Å²) in [6.07, 6.45) is -2.47. The molecule has 0 radical (unpaired) electrons. The normalized spacial score (nSPS) is 29.6. The summed E-state index contributed by atoms with van der Waals surface area (Å²) in [6, 6.07) is 0. The smallest absolute Gasteiger partial charge is 0.240 e. The predicted molar refractivity (Wildman–Crippen MR) is 103 cm³/mol. The Kier molecular flexibility index (Phi) is 5.24. The molecule has 1 fully saturated rings. The molecule has 2 aromatic heterocycles. The maximum atomic E-state index is 15.3. The number of anilines is 2. The third kappa shape index (κ3) is 3.42. The fraction of sp³-hybridized carbons (Fsp3) is 0.667. The van der Waals surface area contributed by atoms with E-state index in [1.165, 1.54) is 17.8 Å². The van der Waals surface area contributed by atoms with Gasteiger partial charge in [0.1, 0.15) is 0 Å². The summed E-state index contributed by atoms with van der Waals surface area (Å²) in [5.41, 5.74) is -1.98. The van der Waals surface area contributed by atoms with Crippen LogP contribution >= 0.6 is 0 Å². The number of aromatic nitrogens is 4. The molecule has 160 valence electrons. The Bertz CT molecular complexity index is 932. The quantitative estimate of drug-likeness (QED) is 0.775. The van der Waals surface area contributed by atoms with Crippen LogP contribution in [0.15, 0.2) is 6.33 Å². The summed E-state index contributed by atoms with van der Waals surface area (Å²) in [5.74, 6) is -2.76. The van der Waals surface area contributed by atoms with Crippen LogP contribution in [0.25, 0.3) is 11.2 Å². The molecular weight excluding hydrogens is 386 g/mol. The van der Waals surface area contributed by atoms with Crippen molar-refractivity contribution in [1.29, 1.82) is 0 Å². The Hall–Kier alpha value is -2.40. The van der Waals surface area contributed by atoms with Crippen LogP contribution in [-0.4, -0.2) is 62.3 Å². The number of amides is 1. The van der Waals surface area contributed by atoms with E-state index in [0.717, 1.165) is 6.92 Å². The van der Waals surface area contributed by atoms with E-state index in [-0.39, 0.29) is 29.8 Å². The number of halogens is 2. The first-order chi connectivity index (χ1) is 13.4. The summed E-state index contributed by atoms with van der Waals surface area (Å²) < 4.78 is 36.7. The highest BCUT2D eigenvalue weighted by Crippen LogP contribution is 2.49. The molecule has 2 aromatic rings. The molecule has 3 heterocycles. The van der Waals surface area contributed by atoms with Gasteiger partial charge in [0, 0.05) is 26.4 Å². The third-order valence-corrected chi connectivity index (χ3v) is 5.05. The SMILES string of the molecule is CC[C@@]1(F)O[C@@H](n2cnc3c(N(C)C)nc(NC(=O)C(C)C)nc32)[C@](C)(F)[C@@H]1O. The highest BCUT2D eigenvalue weighted by Gasteiger charge is 2.63. The van der Waals surface area contributed by atoms with Crippen molar-refractivity contribution in [3.63, 3.8) is 0 Å². The van der Waals surface area contributed by atoms with Gasteiger partial charge in [-0.2, -0.15) is 9.97 Å². The van der Waals surface area contributed by atoms with Crippen molar-refractivity contribution in [3.05, 3.63) is 6.33 Å². The largest absolute Gasteiger partial charge is 0.384 e. The standard InChI is InChI=1S/C18H26F2N6O3/c1-7-18(20)14(28)17(4,19)15(29-18)26-8-21-10-11(25(5)6)22-16(23-12(10)26)24-13(27)9(2)3/h8-9,14-15,28H,7H2,1-6H3,(H,22,23,24,27)/t14-,15+,17+,18+/m0/s1. The van der Waals surface area contributed by atoms with Gasteiger partial charge < -0.3 is 14.7 Å². The number of hydrogen-bond acceptors (Lipinski definition) is 7. The maximum Gasteiger partial charge on any atom is 0.240 e. The third-order valence-electron chi connectivity index (χ3n) is 5.05. The second kappa shape index (κ2) is 7.13. The van der Waals surface area contributed by atoms with Gasteiger partial charge >= 0.3 is 0 Å². The lowest BCUT2D eigenvalue weighted by atomic mass is 9.96. The molecule has 0 aromatic carbocycles. The Labute approximate surface area is 167 Å². The second-order valence-electron chi connectivity index (χ2n) is 7.90. The van der Waals surface area contributed by atoms with E-state index in [9.17, 15) is 14.3 Å². The van der Waals surface area contributed by atoms with Crippen LogP contribution in [0.1, 0.15) is 40.3 Å². The number of nitrogens with one attached hydrogen (secondary N) is 1. The molecule has 3 rings (SSSR count). The average molecular weight is 412 g/mol. The van der Waals surface area contributed by atoms with Crippen molar-refractivity contribution < 1.29 is 23.4 Å². The van der Waals surface area contributed by atoms with Crippen LogP contribution in [0.2, 0.25) is 0 Å². The molecule has 1 aliphatic rings. The maximum absolute atomic E-state index is 15.3. The van der Waals surface area contributed by atoms with Crippen molar-refractivity contribution in [2.75, 3.05) is 24.3 Å². The number of hydrogen-bond donors (Lipinski definition) is 2. The van der Waals surface area contributed by atoms with E-state index >= 15 is 4.39 Å². The van der Waals surface area contributed by atoms with Gasteiger partial charge in [0.05, 0.1) is 6.33 Å². The lowest BCUT2D eigenvalue weighted by Gasteiger charge is -2.24. The Morgan fingerprint density at radius 2 is 2.07 bits per heavy atom. The number of carbonyl (C=O) groups excluding carboxylic acids is 1. The van der Waals surface area contributed by atoms with Gasteiger partial charge in [-0.25, -0.2) is 13.8 Å². The number of fused-ring (bicyclic) bond motifs is 1. The number of aliphatic hydroxyl groups excluding tert-OH is 1. The van der Waals surface area contributed by atoms with Crippen molar-refractivity contribution in [2.24, 2.45) is 5.92 Å². The molecule has 11 heteroatoms. The van der Waals surface area contributed by atoms with Gasteiger partial charge in [-0.1, -0.05) is 20.8 Å². The van der Waals surface area contributed by atoms with Gasteiger partial charge in [-0.15, -0.1) is 0 Å². The Balaban J connectivity index is 2.15. The van der Waals surface area contributed by atoms with Crippen LogP contribution in [0.3, 0.4) is 0 Å². The minimum Gasteiger partial charge on any atom is -0.384 e. The van der Waals surface area contributed by atoms with Crippen LogP contribution in [-0.2, 0) is 9.53 Å². The molecule has 1 amide bonds. The van der Waals surface area contributed by atoms with Gasteiger partial charge in [0.2, 0.25) is 17.7 Å². The van der Waals surface area contributed by atoms with Crippen molar-refractivity contribution in [2.45, 2.75) is 58.0 Å². The van der Waals surface area contributed by atoms with Crippen LogP contribution in [0.5, 0.6) is 0 Å². The van der Waals surface area contributed by atoms with Crippen LogP contribution < -0.4 is 10.2 Å². The molecule has 9 nitrogen and oxygen atoms in total. The zero-order chi connectivity index (χ0) is 21.7. The molecule has 2 N–H and O–H groups in total. The number of imidazole rings is 1. The van der Waals surface area contributed by atoms with Crippen molar-refractivity contribution >= 4 is 28.8 Å². The zero-order valence-electron chi connectivity index (χ0n) is 17.3. The first-order valence-electron chi connectivity index (χ1n) is 9.38. The lowest BCUT2D eigenvalue weighted by Crippen LogP contribution is -2.43. The number of aliphatic hydroxyl groups is 1. The van der Waals surface area contributed by atoms with Gasteiger partial charge in [-0.05, 0) is 6.92 Å². The van der Waals surface area contributed by atoms with Gasteiger partial charge in [0.25, 0.3) is 0 Å². The number of rotatable bonds is 5. The van der Waals surface area contributed by atoms with Crippen LogP contribution in [0.4, 0.5) is 20.5 Å². The molecule has 4 atom stereocenters. The molecule has 29 heavy (non-hydrogen) atoms. The summed E-state index contributed by atoms with van der Waals surface area (Å²) >= 11 is 0. The highest BCUT2D eigenvalue weighted by atomic mass is 19.2. The molecule has 1 saturated heterocycles. The van der Waals surface area contributed by atoms with Crippen LogP contribution in [0, 0.1) is 5.92 Å². The number of nitrogens with zero attached hydrogens (tertiary/aromatic N) is 5. The topological polar surface area (TPSA) is 105 Å². The summed E-state index contributed by atoms with van der Waals surface area (Å²) in [4.78, 5) is 26.6. The van der Waals surface area contributed by atoms with E-state index in [1.54, 1.807) is 32.8 Å². The summed E-state index contributed by atoms with van der Waals surface area (Å²) in [5, 5.41) is 12.8. The minimum atomic E-state index is -2.54. The molecule has 0 unspecified atom stereocenters. The van der Waals surface area contributed by atoms with Crippen molar-refractivity contribution in [3.8, 4) is 0 Å². The molecular formula is C18H26F2N6O3. The summed E-state index contributed by atoms with van der Waals surface area (Å²) in [6.45, 7) is 5.97. The summed E-state index contributed by atoms with van der Waals surface area (Å²) in [7, 11) is 3.46. The molecule has 0 saturated carbocycles. The van der Waals surface area contributed by atoms with E-state index in [1.807, 2.05) is 0 Å². The van der Waals surface area contributed by atoms with E-state index in [2.05, 4.69) is 20.3 Å². The fourth-order valence-electron chi connectivity index (χ4n) is 3.22. The minimum absolute atomic E-state index is 0.00256. The molecule has 1 aliphatic heterocycles. The number of alkyl halides is 2. The monoisotopic (exact) mass is 412 g/mol. The first kappa shape index (κ1) is 21.3. The van der Waals surface area contributed by atoms with E-state index in [0.29, 0.717) is 11.3 Å². The Morgan fingerprint density at radius 3 is 2.59 bits per heavy atom. The lowest BCUT2D eigenvalue weighted by molar-refractivity contribution is -0.187. The number of carbonyl (C=O) groups is 1. The highest BCUT2D eigenvalue weighted by molar-refractivity contribution is 5.92. The first-order valence-corrected chi connectivity index (χ1v) is 9.38. The average Bonchev–Trinajstić information content (AvgIpc) is 3.14. The Morgan fingerprint density at radius 1 is 1.41 bits per heavy atom.